The maximum absolute atomic E-state index is 3.52. The molecule has 14 heavy (non-hydrogen) atoms. The Morgan fingerprint density at radius 2 is 2.14 bits per heavy atom. The molecule has 1 aliphatic carbocycles. The van der Waals surface area contributed by atoms with Crippen molar-refractivity contribution in [2.24, 2.45) is 5.92 Å². The summed E-state index contributed by atoms with van der Waals surface area (Å²) >= 11 is 0. The van der Waals surface area contributed by atoms with Crippen molar-refractivity contribution in [3.8, 4) is 0 Å². The average molecular weight is 195 g/mol. The van der Waals surface area contributed by atoms with Gasteiger partial charge >= 0.3 is 0 Å². The highest BCUT2D eigenvalue weighted by atomic mass is 14.9. The molecular formula is C13H25N. The van der Waals surface area contributed by atoms with Crippen LogP contribution < -0.4 is 5.32 Å². The molecule has 1 nitrogen and oxygen atoms in total. The predicted octanol–water partition coefficient (Wildman–Crippen LogP) is 3.51. The van der Waals surface area contributed by atoms with E-state index in [1.807, 2.05) is 0 Å². The van der Waals surface area contributed by atoms with Crippen molar-refractivity contribution in [1.82, 2.24) is 5.32 Å². The highest BCUT2D eigenvalue weighted by Crippen LogP contribution is 2.18. The third-order valence-electron chi connectivity index (χ3n) is 2.81. The monoisotopic (exact) mass is 195 g/mol. The SMILES string of the molecule is CCCC(C)CC=CCCNC1CC1. The second-order valence-electron chi connectivity index (χ2n) is 4.62. The zero-order valence-corrected chi connectivity index (χ0v) is 9.76. The lowest BCUT2D eigenvalue weighted by Gasteiger charge is -2.05. The Hall–Kier alpha value is -0.300. The largest absolute Gasteiger partial charge is 0.314 e. The number of hydrogen-bond donors (Lipinski definition) is 1. The zero-order valence-electron chi connectivity index (χ0n) is 9.76. The van der Waals surface area contributed by atoms with Gasteiger partial charge in [0.15, 0.2) is 0 Å². The molecule has 0 aliphatic heterocycles. The average Bonchev–Trinajstić information content (AvgIpc) is 2.95. The first-order valence-electron chi connectivity index (χ1n) is 6.21. The van der Waals surface area contributed by atoms with Gasteiger partial charge in [0, 0.05) is 6.04 Å². The summed E-state index contributed by atoms with van der Waals surface area (Å²) in [5.41, 5.74) is 0. The van der Waals surface area contributed by atoms with E-state index in [1.54, 1.807) is 0 Å². The molecule has 0 saturated heterocycles. The Kier molecular flexibility index (Phi) is 5.93. The fourth-order valence-corrected chi connectivity index (χ4v) is 1.72. The van der Waals surface area contributed by atoms with Gasteiger partial charge in [-0.3, -0.25) is 0 Å². The van der Waals surface area contributed by atoms with E-state index < -0.39 is 0 Å². The molecule has 1 rings (SSSR count). The topological polar surface area (TPSA) is 12.0 Å². The molecular weight excluding hydrogens is 170 g/mol. The molecule has 1 N–H and O–H groups in total. The summed E-state index contributed by atoms with van der Waals surface area (Å²) in [6.45, 7) is 5.78. The molecule has 0 aromatic rings. The van der Waals surface area contributed by atoms with E-state index >= 15 is 0 Å². The van der Waals surface area contributed by atoms with Crippen molar-refractivity contribution in [3.63, 3.8) is 0 Å². The summed E-state index contributed by atoms with van der Waals surface area (Å²) < 4.78 is 0. The molecule has 0 bridgehead atoms. The van der Waals surface area contributed by atoms with Crippen molar-refractivity contribution in [2.45, 2.75) is 58.4 Å². The third-order valence-corrected chi connectivity index (χ3v) is 2.81. The van der Waals surface area contributed by atoms with Crippen molar-refractivity contribution < 1.29 is 0 Å². The molecule has 82 valence electrons. The number of rotatable bonds is 8. The fourth-order valence-electron chi connectivity index (χ4n) is 1.72. The van der Waals surface area contributed by atoms with Crippen LogP contribution in [0.5, 0.6) is 0 Å². The zero-order chi connectivity index (χ0) is 10.2. The minimum atomic E-state index is 0.863. The molecule has 0 amide bonds. The summed E-state index contributed by atoms with van der Waals surface area (Å²) in [6, 6.07) is 0.863. The van der Waals surface area contributed by atoms with Gasteiger partial charge in [0.05, 0.1) is 0 Å². The van der Waals surface area contributed by atoms with Crippen LogP contribution in [0.3, 0.4) is 0 Å². The second kappa shape index (κ2) is 7.05. The van der Waals surface area contributed by atoms with Gasteiger partial charge in [0.2, 0.25) is 0 Å². The van der Waals surface area contributed by atoms with Gasteiger partial charge in [0.25, 0.3) is 0 Å². The highest BCUT2D eigenvalue weighted by molar-refractivity contribution is 4.86. The Labute approximate surface area is 89.0 Å². The lowest BCUT2D eigenvalue weighted by Crippen LogP contribution is -2.16. The first kappa shape index (κ1) is 11.8. The predicted molar refractivity (Wildman–Crippen MR) is 63.5 cm³/mol. The van der Waals surface area contributed by atoms with Gasteiger partial charge in [-0.05, 0) is 38.1 Å². The van der Waals surface area contributed by atoms with Crippen molar-refractivity contribution in [1.29, 1.82) is 0 Å². The van der Waals surface area contributed by atoms with Crippen LogP contribution in [0.25, 0.3) is 0 Å². The Bertz CT molecular complexity index is 159. The number of hydrogen-bond acceptors (Lipinski definition) is 1. The number of allylic oxidation sites excluding steroid dienone is 1. The lowest BCUT2D eigenvalue weighted by atomic mass is 10.0. The first-order chi connectivity index (χ1) is 6.83. The molecule has 0 heterocycles. The lowest BCUT2D eigenvalue weighted by molar-refractivity contribution is 0.531. The smallest absolute Gasteiger partial charge is 0.00683 e. The minimum absolute atomic E-state index is 0.863. The third kappa shape index (κ3) is 6.20. The van der Waals surface area contributed by atoms with Crippen LogP contribution >= 0.6 is 0 Å². The van der Waals surface area contributed by atoms with Crippen LogP contribution in [-0.2, 0) is 0 Å². The summed E-state index contributed by atoms with van der Waals surface area (Å²) in [4.78, 5) is 0. The van der Waals surface area contributed by atoms with Crippen LogP contribution in [0, 0.1) is 5.92 Å². The molecule has 0 radical (unpaired) electrons. The minimum Gasteiger partial charge on any atom is -0.314 e. The van der Waals surface area contributed by atoms with Crippen LogP contribution in [0.15, 0.2) is 12.2 Å². The Morgan fingerprint density at radius 1 is 1.36 bits per heavy atom. The molecule has 1 aliphatic rings. The maximum Gasteiger partial charge on any atom is 0.00683 e. The van der Waals surface area contributed by atoms with E-state index in [0.29, 0.717) is 0 Å². The van der Waals surface area contributed by atoms with E-state index in [-0.39, 0.29) is 0 Å². The Morgan fingerprint density at radius 3 is 2.79 bits per heavy atom. The van der Waals surface area contributed by atoms with Crippen LogP contribution in [0.2, 0.25) is 0 Å². The van der Waals surface area contributed by atoms with Crippen LogP contribution in [0.4, 0.5) is 0 Å². The standard InChI is InChI=1S/C13H25N/c1-3-7-12(2)8-5-4-6-11-14-13-9-10-13/h4-5,12-14H,3,6-11H2,1-2H3. The second-order valence-corrected chi connectivity index (χ2v) is 4.62. The van der Waals surface area contributed by atoms with E-state index in [1.165, 1.54) is 45.1 Å². The molecule has 1 atom stereocenters. The molecule has 1 unspecified atom stereocenters. The van der Waals surface area contributed by atoms with Crippen molar-refractivity contribution in [2.75, 3.05) is 6.54 Å². The first-order valence-corrected chi connectivity index (χ1v) is 6.21. The van der Waals surface area contributed by atoms with E-state index in [0.717, 1.165) is 12.0 Å². The summed E-state index contributed by atoms with van der Waals surface area (Å²) in [5, 5.41) is 3.52. The van der Waals surface area contributed by atoms with E-state index in [2.05, 4.69) is 31.3 Å². The van der Waals surface area contributed by atoms with Gasteiger partial charge in [-0.1, -0.05) is 38.8 Å². The quantitative estimate of drug-likeness (QED) is 0.461. The van der Waals surface area contributed by atoms with E-state index in [4.69, 9.17) is 0 Å². The normalized spacial score (nSPS) is 19.0. The van der Waals surface area contributed by atoms with Gasteiger partial charge in [-0.25, -0.2) is 0 Å². The molecule has 1 saturated carbocycles. The number of nitrogens with one attached hydrogen (secondary N) is 1. The summed E-state index contributed by atoms with van der Waals surface area (Å²) in [5.74, 6) is 0.868. The maximum atomic E-state index is 3.52. The highest BCUT2D eigenvalue weighted by Gasteiger charge is 2.19. The van der Waals surface area contributed by atoms with Gasteiger partial charge < -0.3 is 5.32 Å². The van der Waals surface area contributed by atoms with Crippen LogP contribution in [0.1, 0.15) is 52.4 Å². The van der Waals surface area contributed by atoms with Crippen molar-refractivity contribution in [3.05, 3.63) is 12.2 Å². The summed E-state index contributed by atoms with van der Waals surface area (Å²) in [7, 11) is 0. The summed E-state index contributed by atoms with van der Waals surface area (Å²) in [6.07, 6.45) is 12.6. The Balaban J connectivity index is 1.86. The molecule has 1 heteroatoms. The fraction of sp³-hybridized carbons (Fsp3) is 0.846. The molecule has 0 aromatic carbocycles. The van der Waals surface area contributed by atoms with Crippen molar-refractivity contribution >= 4 is 0 Å². The van der Waals surface area contributed by atoms with E-state index in [9.17, 15) is 0 Å². The molecule has 1 fully saturated rings. The van der Waals surface area contributed by atoms with Gasteiger partial charge in [0.1, 0.15) is 0 Å². The van der Waals surface area contributed by atoms with Gasteiger partial charge in [-0.2, -0.15) is 0 Å². The molecule has 0 spiro atoms. The molecule has 0 aromatic heterocycles. The van der Waals surface area contributed by atoms with Gasteiger partial charge in [-0.15, -0.1) is 0 Å². The van der Waals surface area contributed by atoms with Crippen LogP contribution in [-0.4, -0.2) is 12.6 Å².